The first kappa shape index (κ1) is 25.9. The summed E-state index contributed by atoms with van der Waals surface area (Å²) >= 11 is 0. The highest BCUT2D eigenvalue weighted by atomic mass is 127. The van der Waals surface area contributed by atoms with Gasteiger partial charge in [0.05, 0.1) is 26.9 Å². The first-order valence-electron chi connectivity index (χ1n) is 10.9. The SMILES string of the molecule is CCNC(=NCc1cccc(OC)c1OC1CCCC1)NCc1cccc(OC)c1O.I. The van der Waals surface area contributed by atoms with Crippen molar-refractivity contribution < 1.29 is 19.3 Å². The lowest BCUT2D eigenvalue weighted by atomic mass is 10.1. The molecule has 176 valence electrons. The standard InChI is InChI=1S/C24H33N3O4.HI/c1-4-25-24(26-15-17-9-7-13-20(29-2)22(17)28)27-16-18-10-8-14-21(30-3)23(18)31-19-11-5-6-12-19;/h7-10,13-14,19,28H,4-6,11-12,15-16H2,1-3H3,(H2,25,26,27);1H. The molecule has 0 unspecified atom stereocenters. The maximum absolute atomic E-state index is 10.3. The van der Waals surface area contributed by atoms with Crippen LogP contribution in [0.3, 0.4) is 0 Å². The molecular weight excluding hydrogens is 521 g/mol. The number of aromatic hydroxyl groups is 1. The number of phenols is 1. The molecule has 1 saturated carbocycles. The maximum atomic E-state index is 10.3. The van der Waals surface area contributed by atoms with E-state index in [4.69, 9.17) is 19.2 Å². The van der Waals surface area contributed by atoms with E-state index in [-0.39, 0.29) is 35.8 Å². The van der Waals surface area contributed by atoms with Gasteiger partial charge in [-0.2, -0.15) is 0 Å². The first-order valence-corrected chi connectivity index (χ1v) is 10.9. The van der Waals surface area contributed by atoms with Gasteiger partial charge in [0, 0.05) is 24.2 Å². The molecule has 0 bridgehead atoms. The van der Waals surface area contributed by atoms with Gasteiger partial charge in [-0.1, -0.05) is 24.3 Å². The summed E-state index contributed by atoms with van der Waals surface area (Å²) in [4.78, 5) is 4.73. The van der Waals surface area contributed by atoms with Gasteiger partial charge < -0.3 is 30.0 Å². The number of para-hydroxylation sites is 2. The van der Waals surface area contributed by atoms with Crippen molar-refractivity contribution in [2.24, 2.45) is 4.99 Å². The molecule has 32 heavy (non-hydrogen) atoms. The molecule has 1 aliphatic carbocycles. The van der Waals surface area contributed by atoms with Crippen LogP contribution >= 0.6 is 24.0 Å². The van der Waals surface area contributed by atoms with Crippen LogP contribution < -0.4 is 24.8 Å². The van der Waals surface area contributed by atoms with Gasteiger partial charge in [-0.15, -0.1) is 24.0 Å². The highest BCUT2D eigenvalue weighted by Gasteiger charge is 2.20. The molecule has 0 radical (unpaired) electrons. The van der Waals surface area contributed by atoms with Crippen molar-refractivity contribution in [1.82, 2.24) is 10.6 Å². The molecule has 2 aromatic rings. The van der Waals surface area contributed by atoms with Crippen molar-refractivity contribution in [2.75, 3.05) is 20.8 Å². The number of nitrogens with zero attached hydrogens (tertiary/aromatic N) is 1. The van der Waals surface area contributed by atoms with Crippen LogP contribution in [0.1, 0.15) is 43.7 Å². The van der Waals surface area contributed by atoms with Gasteiger partial charge in [0.15, 0.2) is 29.0 Å². The van der Waals surface area contributed by atoms with Crippen LogP contribution in [0.5, 0.6) is 23.0 Å². The summed E-state index contributed by atoms with van der Waals surface area (Å²) in [5.41, 5.74) is 1.71. The Kier molecular flexibility index (Phi) is 10.7. The zero-order chi connectivity index (χ0) is 22.1. The van der Waals surface area contributed by atoms with Crippen LogP contribution in [0.25, 0.3) is 0 Å². The van der Waals surface area contributed by atoms with Crippen molar-refractivity contribution in [3.8, 4) is 23.0 Å². The monoisotopic (exact) mass is 555 g/mol. The molecule has 0 aliphatic heterocycles. The summed E-state index contributed by atoms with van der Waals surface area (Å²) in [6, 6.07) is 11.3. The summed E-state index contributed by atoms with van der Waals surface area (Å²) in [6.45, 7) is 3.59. The van der Waals surface area contributed by atoms with Crippen LogP contribution in [-0.4, -0.2) is 37.9 Å². The summed E-state index contributed by atoms with van der Waals surface area (Å²) in [6.07, 6.45) is 4.81. The second-order valence-corrected chi connectivity index (χ2v) is 7.49. The number of hydrogen-bond acceptors (Lipinski definition) is 5. The van der Waals surface area contributed by atoms with Crippen molar-refractivity contribution in [2.45, 2.75) is 51.8 Å². The molecule has 0 aromatic heterocycles. The largest absolute Gasteiger partial charge is 0.504 e. The second kappa shape index (κ2) is 13.2. The molecule has 0 amide bonds. The number of phenolic OH excluding ortho intramolecular Hbond substituents is 1. The fourth-order valence-corrected chi connectivity index (χ4v) is 3.71. The third kappa shape index (κ3) is 6.82. The van der Waals surface area contributed by atoms with Gasteiger partial charge in [0.2, 0.25) is 0 Å². The van der Waals surface area contributed by atoms with Crippen molar-refractivity contribution in [1.29, 1.82) is 0 Å². The van der Waals surface area contributed by atoms with E-state index in [2.05, 4.69) is 10.6 Å². The average molecular weight is 555 g/mol. The third-order valence-electron chi connectivity index (χ3n) is 5.37. The average Bonchev–Trinajstić information content (AvgIpc) is 3.30. The molecule has 8 heteroatoms. The van der Waals surface area contributed by atoms with Crippen molar-refractivity contribution in [3.05, 3.63) is 47.5 Å². The quantitative estimate of drug-likeness (QED) is 0.238. The summed E-state index contributed by atoms with van der Waals surface area (Å²) in [7, 11) is 3.20. The highest BCUT2D eigenvalue weighted by molar-refractivity contribution is 14.0. The minimum Gasteiger partial charge on any atom is -0.504 e. The number of halogens is 1. The summed E-state index contributed by atoms with van der Waals surface area (Å²) in [5, 5.41) is 16.8. The highest BCUT2D eigenvalue weighted by Crippen LogP contribution is 2.35. The Morgan fingerprint density at radius 1 is 1.00 bits per heavy atom. The van der Waals surface area contributed by atoms with E-state index in [0.29, 0.717) is 24.8 Å². The van der Waals surface area contributed by atoms with Crippen LogP contribution in [0, 0.1) is 0 Å². The lowest BCUT2D eigenvalue weighted by Crippen LogP contribution is -2.36. The zero-order valence-corrected chi connectivity index (χ0v) is 21.3. The van der Waals surface area contributed by atoms with Crippen LogP contribution in [0.4, 0.5) is 0 Å². The number of nitrogens with one attached hydrogen (secondary N) is 2. The number of benzene rings is 2. The molecule has 3 N–H and O–H groups in total. The normalized spacial score (nSPS) is 13.9. The summed E-state index contributed by atoms with van der Waals surface area (Å²) in [5.74, 6) is 2.75. The Bertz CT molecular complexity index is 886. The van der Waals surface area contributed by atoms with E-state index in [1.807, 2.05) is 37.3 Å². The molecule has 3 rings (SSSR count). The lowest BCUT2D eigenvalue weighted by molar-refractivity contribution is 0.198. The predicted octanol–water partition coefficient (Wildman–Crippen LogP) is 4.60. The minimum absolute atomic E-state index is 0. The topological polar surface area (TPSA) is 84.3 Å². The molecule has 1 aliphatic rings. The van der Waals surface area contributed by atoms with E-state index in [1.165, 1.54) is 20.0 Å². The number of ether oxygens (including phenoxy) is 3. The van der Waals surface area contributed by atoms with Gasteiger partial charge in [0.25, 0.3) is 0 Å². The number of aliphatic imine (C=N–C) groups is 1. The molecule has 0 spiro atoms. The second-order valence-electron chi connectivity index (χ2n) is 7.49. The van der Waals surface area contributed by atoms with Gasteiger partial charge in [-0.25, -0.2) is 4.99 Å². The van der Waals surface area contributed by atoms with Gasteiger partial charge in [-0.05, 0) is 44.7 Å². The Morgan fingerprint density at radius 2 is 1.66 bits per heavy atom. The number of rotatable bonds is 9. The maximum Gasteiger partial charge on any atom is 0.191 e. The number of hydrogen-bond donors (Lipinski definition) is 3. The van der Waals surface area contributed by atoms with Crippen LogP contribution in [0.2, 0.25) is 0 Å². The molecule has 0 heterocycles. The molecule has 2 aromatic carbocycles. The molecular formula is C24H34IN3O4. The predicted molar refractivity (Wildman–Crippen MR) is 138 cm³/mol. The van der Waals surface area contributed by atoms with Crippen LogP contribution in [-0.2, 0) is 13.1 Å². The fraction of sp³-hybridized carbons (Fsp3) is 0.458. The number of methoxy groups -OCH3 is 2. The fourth-order valence-electron chi connectivity index (χ4n) is 3.71. The van der Waals surface area contributed by atoms with E-state index in [1.54, 1.807) is 13.2 Å². The smallest absolute Gasteiger partial charge is 0.191 e. The van der Waals surface area contributed by atoms with Gasteiger partial charge in [-0.3, -0.25) is 0 Å². The van der Waals surface area contributed by atoms with E-state index < -0.39 is 0 Å². The van der Waals surface area contributed by atoms with Gasteiger partial charge in [0.1, 0.15) is 0 Å². The number of guanidine groups is 1. The van der Waals surface area contributed by atoms with Crippen LogP contribution in [0.15, 0.2) is 41.4 Å². The van der Waals surface area contributed by atoms with E-state index in [9.17, 15) is 5.11 Å². The zero-order valence-electron chi connectivity index (χ0n) is 19.0. The first-order chi connectivity index (χ1) is 15.2. The molecule has 0 saturated heterocycles. The molecule has 7 nitrogen and oxygen atoms in total. The third-order valence-corrected chi connectivity index (χ3v) is 5.37. The lowest BCUT2D eigenvalue weighted by Gasteiger charge is -2.19. The Hall–Kier alpha value is -2.36. The van der Waals surface area contributed by atoms with E-state index in [0.717, 1.165) is 42.0 Å². The molecule has 0 atom stereocenters. The molecule has 1 fully saturated rings. The van der Waals surface area contributed by atoms with Crippen molar-refractivity contribution >= 4 is 29.9 Å². The van der Waals surface area contributed by atoms with Gasteiger partial charge >= 0.3 is 0 Å². The Balaban J connectivity index is 0.00000363. The summed E-state index contributed by atoms with van der Waals surface area (Å²) < 4.78 is 17.0. The Labute approximate surface area is 207 Å². The van der Waals surface area contributed by atoms with E-state index >= 15 is 0 Å². The van der Waals surface area contributed by atoms with Crippen molar-refractivity contribution in [3.63, 3.8) is 0 Å². The Morgan fingerprint density at radius 3 is 2.31 bits per heavy atom. The minimum atomic E-state index is 0.